The normalized spacial score (nSPS) is 12.2. The number of nitrogens with one attached hydrogen (secondary N) is 1. The molecule has 0 aliphatic heterocycles. The first-order valence-electron chi connectivity index (χ1n) is 15.4. The highest BCUT2D eigenvalue weighted by atomic mass is 16.5. The van der Waals surface area contributed by atoms with Crippen molar-refractivity contribution in [3.8, 4) is 0 Å². The standard InChI is InChI=1S/C34H47N5O5/c1-4-5-6-7-8-9-10-11-12-13-14-15-16-17-18-19-20-21-32(42)37-34-35-24-31-33(38-34)39(27-36-31)23-22-30(25-43-28(2)40)26-44-29(3)41/h5-6,8-9,11-12,14-15,17-18,24,27,30H,4,7,10,13,16,19-23,25-26H2,1-3H3,(H,35,37,38,42). The van der Waals surface area contributed by atoms with Crippen LogP contribution in [0.15, 0.2) is 73.3 Å². The molecule has 0 atom stereocenters. The Bertz CT molecular complexity index is 1290. The van der Waals surface area contributed by atoms with Crippen LogP contribution in [0.1, 0.15) is 78.6 Å². The molecule has 0 unspecified atom stereocenters. The maximum absolute atomic E-state index is 12.5. The molecular formula is C34H47N5O5. The van der Waals surface area contributed by atoms with E-state index in [1.165, 1.54) is 13.8 Å². The molecule has 10 heteroatoms. The van der Waals surface area contributed by atoms with Crippen LogP contribution >= 0.6 is 0 Å². The summed E-state index contributed by atoms with van der Waals surface area (Å²) in [7, 11) is 0. The highest BCUT2D eigenvalue weighted by Gasteiger charge is 2.15. The lowest BCUT2D eigenvalue weighted by atomic mass is 10.1. The molecule has 238 valence electrons. The van der Waals surface area contributed by atoms with Gasteiger partial charge in [0.25, 0.3) is 0 Å². The second kappa shape index (κ2) is 22.2. The van der Waals surface area contributed by atoms with Crippen LogP contribution in [0.5, 0.6) is 0 Å². The molecule has 1 N–H and O–H groups in total. The van der Waals surface area contributed by atoms with Crippen molar-refractivity contribution in [1.29, 1.82) is 0 Å². The van der Waals surface area contributed by atoms with Crippen molar-refractivity contribution in [3.63, 3.8) is 0 Å². The van der Waals surface area contributed by atoms with Gasteiger partial charge in [-0.25, -0.2) is 9.97 Å². The first-order chi connectivity index (χ1) is 21.4. The number of aromatic nitrogens is 4. The molecule has 0 aromatic carbocycles. The summed E-state index contributed by atoms with van der Waals surface area (Å²) in [6, 6.07) is 0. The molecule has 0 bridgehead atoms. The van der Waals surface area contributed by atoms with Gasteiger partial charge in [0.15, 0.2) is 5.65 Å². The number of aryl methyl sites for hydroxylation is 1. The van der Waals surface area contributed by atoms with Crippen molar-refractivity contribution in [1.82, 2.24) is 19.5 Å². The van der Waals surface area contributed by atoms with Crippen LogP contribution in [0, 0.1) is 5.92 Å². The van der Waals surface area contributed by atoms with Crippen LogP contribution in [-0.4, -0.2) is 50.6 Å². The maximum Gasteiger partial charge on any atom is 0.302 e. The zero-order valence-electron chi connectivity index (χ0n) is 26.3. The highest BCUT2D eigenvalue weighted by molar-refractivity contribution is 5.89. The van der Waals surface area contributed by atoms with Crippen LogP contribution in [0.4, 0.5) is 5.95 Å². The van der Waals surface area contributed by atoms with Gasteiger partial charge in [-0.15, -0.1) is 0 Å². The Balaban J connectivity index is 1.69. The van der Waals surface area contributed by atoms with Gasteiger partial charge in [-0.3, -0.25) is 19.7 Å². The summed E-state index contributed by atoms with van der Waals surface area (Å²) >= 11 is 0. The largest absolute Gasteiger partial charge is 0.465 e. The summed E-state index contributed by atoms with van der Waals surface area (Å²) < 4.78 is 12.1. The van der Waals surface area contributed by atoms with Crippen molar-refractivity contribution in [2.24, 2.45) is 5.92 Å². The van der Waals surface area contributed by atoms with Gasteiger partial charge in [0.05, 0.1) is 25.7 Å². The average molecular weight is 606 g/mol. The number of allylic oxidation sites excluding steroid dienone is 10. The number of carbonyl (C=O) groups excluding carboxylic acids is 3. The van der Waals surface area contributed by atoms with E-state index in [0.717, 1.165) is 44.9 Å². The highest BCUT2D eigenvalue weighted by Crippen LogP contribution is 2.15. The minimum atomic E-state index is -0.392. The molecule has 10 nitrogen and oxygen atoms in total. The number of nitrogens with zero attached hydrogens (tertiary/aromatic N) is 4. The molecule has 44 heavy (non-hydrogen) atoms. The Morgan fingerprint density at radius 3 is 1.98 bits per heavy atom. The van der Waals surface area contributed by atoms with E-state index < -0.39 is 11.9 Å². The van der Waals surface area contributed by atoms with Gasteiger partial charge in [-0.05, 0) is 51.4 Å². The average Bonchev–Trinajstić information content (AvgIpc) is 3.40. The Labute approximate surface area is 261 Å². The number of esters is 2. The lowest BCUT2D eigenvalue weighted by Crippen LogP contribution is -2.21. The SMILES string of the molecule is CCC=CCC=CCC=CCC=CCC=CCCCC(=O)Nc1ncc2ncn(CCC(COC(C)=O)COC(C)=O)c2n1. The van der Waals surface area contributed by atoms with Gasteiger partial charge >= 0.3 is 11.9 Å². The molecule has 2 heterocycles. The number of ether oxygens (including phenoxy) is 2. The zero-order valence-corrected chi connectivity index (χ0v) is 26.3. The number of hydrogen-bond acceptors (Lipinski definition) is 8. The fourth-order valence-corrected chi connectivity index (χ4v) is 4.02. The quantitative estimate of drug-likeness (QED) is 0.0934. The molecule has 0 aliphatic rings. The molecule has 1 amide bonds. The second-order valence-corrected chi connectivity index (χ2v) is 10.2. The summed E-state index contributed by atoms with van der Waals surface area (Å²) in [6.07, 6.45) is 32.2. The molecule has 0 aliphatic carbocycles. The van der Waals surface area contributed by atoms with Gasteiger partial charge in [0, 0.05) is 32.7 Å². The van der Waals surface area contributed by atoms with Crippen LogP contribution < -0.4 is 5.32 Å². The van der Waals surface area contributed by atoms with Gasteiger partial charge in [-0.2, -0.15) is 4.98 Å². The fraction of sp³-hybridized carbons (Fsp3) is 0.471. The molecule has 0 saturated heterocycles. The number of anilines is 1. The second-order valence-electron chi connectivity index (χ2n) is 10.2. The van der Waals surface area contributed by atoms with Crippen molar-refractivity contribution in [3.05, 3.63) is 73.3 Å². The van der Waals surface area contributed by atoms with E-state index >= 15 is 0 Å². The Kier molecular flexibility index (Phi) is 18.1. The van der Waals surface area contributed by atoms with Gasteiger partial charge in [0.1, 0.15) is 5.52 Å². The van der Waals surface area contributed by atoms with Gasteiger partial charge in [-0.1, -0.05) is 67.7 Å². The first kappa shape index (κ1) is 35.9. The van der Waals surface area contributed by atoms with Crippen molar-refractivity contribution >= 4 is 35.0 Å². The number of carbonyl (C=O) groups is 3. The predicted octanol–water partition coefficient (Wildman–Crippen LogP) is 6.82. The monoisotopic (exact) mass is 605 g/mol. The Morgan fingerprint density at radius 2 is 1.41 bits per heavy atom. The van der Waals surface area contributed by atoms with Crippen molar-refractivity contribution in [2.45, 2.75) is 85.1 Å². The lowest BCUT2D eigenvalue weighted by molar-refractivity contribution is -0.146. The van der Waals surface area contributed by atoms with E-state index in [0.29, 0.717) is 30.6 Å². The van der Waals surface area contributed by atoms with E-state index in [9.17, 15) is 14.4 Å². The number of hydrogen-bond donors (Lipinski definition) is 1. The minimum absolute atomic E-state index is 0.144. The zero-order chi connectivity index (χ0) is 31.8. The topological polar surface area (TPSA) is 125 Å². The smallest absolute Gasteiger partial charge is 0.302 e. The van der Waals surface area contributed by atoms with Crippen molar-refractivity contribution < 1.29 is 23.9 Å². The molecule has 2 rings (SSSR count). The molecule has 2 aromatic rings. The molecule has 2 aromatic heterocycles. The lowest BCUT2D eigenvalue weighted by Gasteiger charge is -2.16. The van der Waals surface area contributed by atoms with Crippen LogP contribution in [0.2, 0.25) is 0 Å². The maximum atomic E-state index is 12.5. The van der Waals surface area contributed by atoms with E-state index in [1.54, 1.807) is 12.5 Å². The van der Waals surface area contributed by atoms with Gasteiger partial charge < -0.3 is 14.0 Å². The summed E-state index contributed by atoms with van der Waals surface area (Å²) in [4.78, 5) is 47.9. The summed E-state index contributed by atoms with van der Waals surface area (Å²) in [5.41, 5.74) is 1.17. The number of fused-ring (bicyclic) bond motifs is 1. The molecule has 0 radical (unpaired) electrons. The summed E-state index contributed by atoms with van der Waals surface area (Å²) in [6.45, 7) is 5.60. The molecule has 0 saturated carbocycles. The summed E-state index contributed by atoms with van der Waals surface area (Å²) in [5, 5.41) is 2.77. The number of imidazole rings is 1. The third-order valence-electron chi connectivity index (χ3n) is 6.36. The Hall–Kier alpha value is -4.34. The third kappa shape index (κ3) is 16.3. The first-order valence-corrected chi connectivity index (χ1v) is 15.4. The molecule has 0 spiro atoms. The van der Waals surface area contributed by atoms with Gasteiger partial charge in [0.2, 0.25) is 11.9 Å². The van der Waals surface area contributed by atoms with Crippen LogP contribution in [0.25, 0.3) is 11.2 Å². The number of rotatable bonds is 21. The molecule has 0 fully saturated rings. The van der Waals surface area contributed by atoms with E-state index in [1.807, 2.05) is 4.57 Å². The Morgan fingerprint density at radius 1 is 0.841 bits per heavy atom. The number of amides is 1. The minimum Gasteiger partial charge on any atom is -0.465 e. The number of unbranched alkanes of at least 4 members (excludes halogenated alkanes) is 1. The van der Waals surface area contributed by atoms with Crippen LogP contribution in [0.3, 0.4) is 0 Å². The van der Waals surface area contributed by atoms with Crippen molar-refractivity contribution in [2.75, 3.05) is 18.5 Å². The van der Waals surface area contributed by atoms with Crippen LogP contribution in [-0.2, 0) is 30.4 Å². The summed E-state index contributed by atoms with van der Waals surface area (Å²) in [5.74, 6) is -0.890. The third-order valence-corrected chi connectivity index (χ3v) is 6.36. The fourth-order valence-electron chi connectivity index (χ4n) is 4.02. The van der Waals surface area contributed by atoms with E-state index in [2.05, 4.69) is 88.0 Å². The van der Waals surface area contributed by atoms with E-state index in [-0.39, 0.29) is 31.0 Å². The van der Waals surface area contributed by atoms with E-state index in [4.69, 9.17) is 9.47 Å². The predicted molar refractivity (Wildman–Crippen MR) is 174 cm³/mol. The molecular weight excluding hydrogens is 558 g/mol.